The van der Waals surface area contributed by atoms with Crippen LogP contribution < -0.4 is 10.6 Å². The minimum Gasteiger partial charge on any atom is -0.309 e. The Bertz CT molecular complexity index is 1370. The first-order valence-corrected chi connectivity index (χ1v) is 13.6. The Labute approximate surface area is 230 Å². The second kappa shape index (κ2) is 14.0. The van der Waals surface area contributed by atoms with E-state index in [-0.39, 0.29) is 5.91 Å². The van der Waals surface area contributed by atoms with Crippen molar-refractivity contribution in [1.29, 1.82) is 5.26 Å². The van der Waals surface area contributed by atoms with Gasteiger partial charge in [-0.2, -0.15) is 10.4 Å². The summed E-state index contributed by atoms with van der Waals surface area (Å²) in [5.74, 6) is 0.339. The van der Waals surface area contributed by atoms with E-state index in [1.807, 2.05) is 61.8 Å². The van der Waals surface area contributed by atoms with Crippen molar-refractivity contribution in [2.24, 2.45) is 7.05 Å². The lowest BCUT2D eigenvalue weighted by molar-refractivity contribution is -0.118. The zero-order chi connectivity index (χ0) is 27.5. The van der Waals surface area contributed by atoms with E-state index in [4.69, 9.17) is 5.26 Å². The van der Waals surface area contributed by atoms with E-state index in [1.165, 1.54) is 31.2 Å². The van der Waals surface area contributed by atoms with Crippen LogP contribution in [0.2, 0.25) is 0 Å². The van der Waals surface area contributed by atoms with Crippen LogP contribution in [0.1, 0.15) is 60.9 Å². The van der Waals surface area contributed by atoms with E-state index in [9.17, 15) is 4.79 Å². The molecule has 4 aromatic rings. The molecule has 200 valence electrons. The number of carbonyl (C=O) groups is 1. The van der Waals surface area contributed by atoms with Crippen LogP contribution in [0.25, 0.3) is 11.1 Å². The summed E-state index contributed by atoms with van der Waals surface area (Å²) in [5.41, 5.74) is 5.86. The molecule has 0 unspecified atom stereocenters. The van der Waals surface area contributed by atoms with Crippen molar-refractivity contribution < 1.29 is 4.79 Å². The van der Waals surface area contributed by atoms with Crippen LogP contribution >= 0.6 is 0 Å². The second-order valence-electron chi connectivity index (χ2n) is 9.82. The molecule has 39 heavy (non-hydrogen) atoms. The third-order valence-corrected chi connectivity index (χ3v) is 6.79. The number of nitrogens with zero attached hydrogens (tertiary/aromatic N) is 4. The lowest BCUT2D eigenvalue weighted by Gasteiger charge is -2.19. The van der Waals surface area contributed by atoms with Gasteiger partial charge in [-0.15, -0.1) is 0 Å². The van der Waals surface area contributed by atoms with Crippen molar-refractivity contribution >= 4 is 11.7 Å². The molecule has 0 saturated heterocycles. The quantitative estimate of drug-likeness (QED) is 0.211. The number of amides is 1. The van der Waals surface area contributed by atoms with Gasteiger partial charge in [0, 0.05) is 37.1 Å². The predicted octanol–water partition coefficient (Wildman–Crippen LogP) is 5.99. The van der Waals surface area contributed by atoms with Gasteiger partial charge in [-0.1, -0.05) is 62.6 Å². The number of rotatable bonds is 13. The maximum absolute atomic E-state index is 13.5. The zero-order valence-corrected chi connectivity index (χ0v) is 22.7. The number of benzene rings is 2. The highest BCUT2D eigenvalue weighted by molar-refractivity contribution is 5.95. The normalized spacial score (nSPS) is 11.6. The maximum Gasteiger partial charge on any atom is 0.247 e. The van der Waals surface area contributed by atoms with Crippen molar-refractivity contribution in [3.63, 3.8) is 0 Å². The van der Waals surface area contributed by atoms with Crippen molar-refractivity contribution in [2.45, 2.75) is 51.5 Å². The van der Waals surface area contributed by atoms with E-state index in [0.717, 1.165) is 35.1 Å². The van der Waals surface area contributed by atoms with Gasteiger partial charge in [0.2, 0.25) is 5.91 Å². The van der Waals surface area contributed by atoms with Gasteiger partial charge < -0.3 is 10.6 Å². The van der Waals surface area contributed by atoms with E-state index in [0.29, 0.717) is 17.9 Å². The summed E-state index contributed by atoms with van der Waals surface area (Å²) < 4.78 is 1.75. The molecule has 2 heterocycles. The predicted molar refractivity (Wildman–Crippen MR) is 155 cm³/mol. The summed E-state index contributed by atoms with van der Waals surface area (Å²) in [4.78, 5) is 17.9. The average Bonchev–Trinajstić information content (AvgIpc) is 3.41. The van der Waals surface area contributed by atoms with Crippen LogP contribution in [-0.2, 0) is 24.7 Å². The van der Waals surface area contributed by atoms with Gasteiger partial charge in [0.05, 0.1) is 17.8 Å². The Morgan fingerprint density at radius 1 is 0.923 bits per heavy atom. The van der Waals surface area contributed by atoms with Crippen LogP contribution in [-0.4, -0.2) is 27.2 Å². The highest BCUT2D eigenvalue weighted by Gasteiger charge is 2.21. The summed E-state index contributed by atoms with van der Waals surface area (Å²) in [6.07, 6.45) is 12.2. The molecule has 2 aromatic heterocycles. The molecule has 4 rings (SSSR count). The Hall–Kier alpha value is -4.28. The first-order valence-electron chi connectivity index (χ1n) is 13.6. The topological polar surface area (TPSA) is 95.6 Å². The molecule has 2 aromatic carbocycles. The summed E-state index contributed by atoms with van der Waals surface area (Å²) in [6, 6.07) is 21.3. The lowest BCUT2D eigenvalue weighted by Crippen LogP contribution is -2.34. The third-order valence-electron chi connectivity index (χ3n) is 6.79. The number of aryl methyl sites for hydroxylation is 2. The van der Waals surface area contributed by atoms with E-state index in [2.05, 4.69) is 45.8 Å². The summed E-state index contributed by atoms with van der Waals surface area (Å²) in [5, 5.41) is 19.7. The van der Waals surface area contributed by atoms with E-state index < -0.39 is 6.04 Å². The van der Waals surface area contributed by atoms with E-state index >= 15 is 0 Å². The third kappa shape index (κ3) is 8.10. The van der Waals surface area contributed by atoms with Crippen LogP contribution in [0.4, 0.5) is 5.82 Å². The number of anilines is 1. The number of nitriles is 1. The molecule has 1 atom stereocenters. The van der Waals surface area contributed by atoms with Crippen LogP contribution in [0, 0.1) is 11.3 Å². The number of aromatic nitrogens is 3. The molecule has 1 amide bonds. The summed E-state index contributed by atoms with van der Waals surface area (Å²) >= 11 is 0. The van der Waals surface area contributed by atoms with Gasteiger partial charge in [-0.3, -0.25) is 9.48 Å². The molecule has 0 saturated carbocycles. The molecule has 0 fully saturated rings. The molecule has 0 spiro atoms. The average molecular weight is 521 g/mol. The molecule has 0 bridgehead atoms. The number of unbranched alkanes of at least 4 members (excludes halogenated alkanes) is 3. The van der Waals surface area contributed by atoms with Crippen LogP contribution in [0.5, 0.6) is 0 Å². The summed E-state index contributed by atoms with van der Waals surface area (Å²) in [6.45, 7) is 2.83. The Morgan fingerprint density at radius 3 is 2.31 bits per heavy atom. The molecule has 2 N–H and O–H groups in total. The highest BCUT2D eigenvalue weighted by Crippen LogP contribution is 2.21. The molecule has 7 heteroatoms. The fourth-order valence-electron chi connectivity index (χ4n) is 4.51. The molecular formula is C32H36N6O. The number of hydrogen-bond donors (Lipinski definition) is 2. The van der Waals surface area contributed by atoms with Crippen LogP contribution in [0.3, 0.4) is 0 Å². The number of nitrogens with one attached hydrogen (secondary N) is 2. The Morgan fingerprint density at radius 2 is 1.67 bits per heavy atom. The second-order valence-corrected chi connectivity index (χ2v) is 9.82. The van der Waals surface area contributed by atoms with Gasteiger partial charge in [0.1, 0.15) is 11.9 Å². The first-order chi connectivity index (χ1) is 19.1. The number of carbonyl (C=O) groups excluding carboxylic acids is 1. The van der Waals surface area contributed by atoms with Gasteiger partial charge in [0.25, 0.3) is 0 Å². The van der Waals surface area contributed by atoms with E-state index in [1.54, 1.807) is 17.1 Å². The molecule has 0 aliphatic heterocycles. The smallest absolute Gasteiger partial charge is 0.247 e. The molecule has 0 aliphatic carbocycles. The molecule has 0 aliphatic rings. The SMILES string of the molecule is CCCCCCc1ccc([C@@H](NCCc2ccc(C#N)cc2)C(=O)Nc2ccc(-c3cnn(C)c3)cn2)cc1. The maximum atomic E-state index is 13.5. The number of pyridine rings is 1. The van der Waals surface area contributed by atoms with Gasteiger partial charge >= 0.3 is 0 Å². The fourth-order valence-corrected chi connectivity index (χ4v) is 4.51. The first kappa shape index (κ1) is 27.7. The fraction of sp³-hybridized carbons (Fsp3) is 0.312. The summed E-state index contributed by atoms with van der Waals surface area (Å²) in [7, 11) is 1.87. The zero-order valence-electron chi connectivity index (χ0n) is 22.7. The van der Waals surface area contributed by atoms with Crippen molar-refractivity contribution in [2.75, 3.05) is 11.9 Å². The lowest BCUT2D eigenvalue weighted by atomic mass is 10.0. The van der Waals surface area contributed by atoms with Crippen molar-refractivity contribution in [1.82, 2.24) is 20.1 Å². The largest absolute Gasteiger partial charge is 0.309 e. The van der Waals surface area contributed by atoms with Gasteiger partial charge in [-0.05, 0) is 60.2 Å². The van der Waals surface area contributed by atoms with Crippen LogP contribution in [0.15, 0.2) is 79.3 Å². The highest BCUT2D eigenvalue weighted by atomic mass is 16.2. The Kier molecular flexibility index (Phi) is 9.98. The van der Waals surface area contributed by atoms with Crippen molar-refractivity contribution in [3.05, 3.63) is 102 Å². The standard InChI is InChI=1S/C32H36N6O/c1-3-4-5-6-7-24-12-14-27(15-13-24)31(34-19-18-25-8-10-26(20-33)11-9-25)32(39)37-30-17-16-28(21-35-30)29-22-36-38(2)23-29/h8-17,21-23,31,34H,3-7,18-19H2,1-2H3,(H,35,37,39)/t31-/m1/s1. The minimum absolute atomic E-state index is 0.160. The molecular weight excluding hydrogens is 484 g/mol. The minimum atomic E-state index is -0.530. The Balaban J connectivity index is 1.44. The van der Waals surface area contributed by atoms with Gasteiger partial charge in [-0.25, -0.2) is 4.98 Å². The van der Waals surface area contributed by atoms with Crippen molar-refractivity contribution in [3.8, 4) is 17.2 Å². The molecule has 7 nitrogen and oxygen atoms in total. The monoisotopic (exact) mass is 520 g/mol. The molecule has 0 radical (unpaired) electrons. The number of hydrogen-bond acceptors (Lipinski definition) is 5. The van der Waals surface area contributed by atoms with Gasteiger partial charge in [0.15, 0.2) is 0 Å².